The van der Waals surface area contributed by atoms with Crippen molar-refractivity contribution in [1.82, 2.24) is 14.6 Å². The minimum Gasteiger partial charge on any atom is -0.360 e. The van der Waals surface area contributed by atoms with Crippen molar-refractivity contribution in [2.75, 3.05) is 5.32 Å². The van der Waals surface area contributed by atoms with E-state index in [-0.39, 0.29) is 11.9 Å². The number of aromatic nitrogens is 3. The van der Waals surface area contributed by atoms with Gasteiger partial charge in [0.25, 0.3) is 0 Å². The molecule has 0 aliphatic carbocycles. The first-order valence-electron chi connectivity index (χ1n) is 6.56. The number of anilines is 1. The summed E-state index contributed by atoms with van der Waals surface area (Å²) in [6.45, 7) is 2.00. The van der Waals surface area contributed by atoms with Crippen molar-refractivity contribution in [1.29, 1.82) is 0 Å². The van der Waals surface area contributed by atoms with Gasteiger partial charge >= 0.3 is 5.82 Å². The third-order valence-corrected chi connectivity index (χ3v) is 3.74. The number of fused-ring (bicyclic) bond motifs is 1. The van der Waals surface area contributed by atoms with Gasteiger partial charge in [0.1, 0.15) is 6.20 Å². The molecule has 2 heterocycles. The molecule has 0 radical (unpaired) electrons. The highest BCUT2D eigenvalue weighted by molar-refractivity contribution is 9.10. The molecule has 0 amide bonds. The number of nitrogens with one attached hydrogen (secondary N) is 1. The van der Waals surface area contributed by atoms with Crippen LogP contribution in [0.3, 0.4) is 0 Å². The largest absolute Gasteiger partial charge is 0.368 e. The van der Waals surface area contributed by atoms with Crippen molar-refractivity contribution in [3.63, 3.8) is 0 Å². The predicted molar refractivity (Wildman–Crippen MR) is 85.8 cm³/mol. The quantitative estimate of drug-likeness (QED) is 0.567. The Bertz CT molecular complexity index is 848. The summed E-state index contributed by atoms with van der Waals surface area (Å²) in [6, 6.07) is 11.4. The zero-order valence-electron chi connectivity index (χ0n) is 11.6. The Balaban J connectivity index is 1.90. The third-order valence-electron chi connectivity index (χ3n) is 3.24. The van der Waals surface area contributed by atoms with Crippen LogP contribution in [-0.4, -0.2) is 19.5 Å². The summed E-state index contributed by atoms with van der Waals surface area (Å²) in [5.74, 6) is 0.384. The van der Waals surface area contributed by atoms with E-state index in [0.29, 0.717) is 11.5 Å². The van der Waals surface area contributed by atoms with Gasteiger partial charge in [0.2, 0.25) is 5.65 Å². The summed E-state index contributed by atoms with van der Waals surface area (Å²) in [6.07, 6.45) is 1.20. The second-order valence-electron chi connectivity index (χ2n) is 4.78. The average molecular weight is 362 g/mol. The van der Waals surface area contributed by atoms with E-state index in [1.807, 2.05) is 31.2 Å². The van der Waals surface area contributed by atoms with Crippen LogP contribution in [0.4, 0.5) is 11.6 Å². The number of imidazole rings is 1. The smallest absolute Gasteiger partial charge is 0.360 e. The fourth-order valence-electron chi connectivity index (χ4n) is 2.14. The number of halogens is 1. The van der Waals surface area contributed by atoms with Crippen molar-refractivity contribution in [2.45, 2.75) is 13.0 Å². The Kier molecular flexibility index (Phi) is 3.76. The molecule has 112 valence electrons. The summed E-state index contributed by atoms with van der Waals surface area (Å²) in [4.78, 5) is 14.4. The molecule has 0 fully saturated rings. The molecule has 1 atom stereocenters. The molecule has 7 nitrogen and oxygen atoms in total. The summed E-state index contributed by atoms with van der Waals surface area (Å²) in [7, 11) is 0. The molecule has 3 aromatic rings. The first-order valence-corrected chi connectivity index (χ1v) is 7.35. The molecule has 0 aliphatic rings. The number of rotatable bonds is 4. The molecule has 1 aromatic carbocycles. The second-order valence-corrected chi connectivity index (χ2v) is 5.70. The van der Waals surface area contributed by atoms with Gasteiger partial charge in [0.05, 0.1) is 6.04 Å². The van der Waals surface area contributed by atoms with E-state index < -0.39 is 4.92 Å². The molecule has 1 N–H and O–H groups in total. The minimum absolute atomic E-state index is 0.00466. The van der Waals surface area contributed by atoms with Crippen molar-refractivity contribution in [3.05, 3.63) is 62.7 Å². The van der Waals surface area contributed by atoms with Gasteiger partial charge in [-0.15, -0.1) is 0 Å². The molecule has 0 saturated heterocycles. The normalized spacial score (nSPS) is 12.3. The van der Waals surface area contributed by atoms with E-state index in [1.165, 1.54) is 10.7 Å². The van der Waals surface area contributed by atoms with Crippen LogP contribution in [0.2, 0.25) is 0 Å². The molecule has 0 spiro atoms. The molecule has 3 rings (SSSR count). The fraction of sp³-hybridized carbons (Fsp3) is 0.143. The third kappa shape index (κ3) is 2.77. The van der Waals surface area contributed by atoms with Crippen LogP contribution in [0, 0.1) is 10.1 Å². The standard InChI is InChI=1S/C14H12BrN5O2/c1-9(10-3-2-4-11(15)7-10)17-12-5-6-13-16-8-14(20(21)22)19(13)18-12/h2-9H,1H3,(H,17,18). The number of nitro groups is 1. The van der Waals surface area contributed by atoms with E-state index in [0.717, 1.165) is 10.0 Å². The lowest BCUT2D eigenvalue weighted by atomic mass is 10.1. The van der Waals surface area contributed by atoms with Gasteiger partial charge < -0.3 is 15.4 Å². The van der Waals surface area contributed by atoms with E-state index in [9.17, 15) is 10.1 Å². The molecule has 0 aliphatic heterocycles. The van der Waals surface area contributed by atoms with Gasteiger partial charge in [0.15, 0.2) is 5.82 Å². The van der Waals surface area contributed by atoms with Crippen LogP contribution in [0.15, 0.2) is 47.1 Å². The highest BCUT2D eigenvalue weighted by Gasteiger charge is 2.16. The highest BCUT2D eigenvalue weighted by Crippen LogP contribution is 2.22. The summed E-state index contributed by atoms with van der Waals surface area (Å²) < 4.78 is 2.21. The van der Waals surface area contributed by atoms with Crippen molar-refractivity contribution in [3.8, 4) is 0 Å². The monoisotopic (exact) mass is 361 g/mol. The van der Waals surface area contributed by atoms with Crippen molar-refractivity contribution < 1.29 is 4.92 Å². The Labute approximate surface area is 134 Å². The van der Waals surface area contributed by atoms with E-state index in [2.05, 4.69) is 31.3 Å². The predicted octanol–water partition coefficient (Wildman–Crippen LogP) is 3.57. The lowest BCUT2D eigenvalue weighted by Crippen LogP contribution is -2.10. The summed E-state index contributed by atoms with van der Waals surface area (Å²) in [5, 5.41) is 18.4. The van der Waals surface area contributed by atoms with E-state index in [4.69, 9.17) is 0 Å². The van der Waals surface area contributed by atoms with Gasteiger partial charge in [-0.2, -0.15) is 0 Å². The van der Waals surface area contributed by atoms with Crippen LogP contribution in [0.5, 0.6) is 0 Å². The Morgan fingerprint density at radius 1 is 1.36 bits per heavy atom. The number of hydrogen-bond donors (Lipinski definition) is 1. The fourth-order valence-corrected chi connectivity index (χ4v) is 2.56. The Hall–Kier alpha value is -2.48. The lowest BCUT2D eigenvalue weighted by Gasteiger charge is -2.14. The van der Waals surface area contributed by atoms with Crippen LogP contribution >= 0.6 is 15.9 Å². The van der Waals surface area contributed by atoms with Crippen LogP contribution in [-0.2, 0) is 0 Å². The maximum Gasteiger partial charge on any atom is 0.368 e. The number of hydrogen-bond acceptors (Lipinski definition) is 5. The van der Waals surface area contributed by atoms with E-state index >= 15 is 0 Å². The van der Waals surface area contributed by atoms with Crippen molar-refractivity contribution in [2.24, 2.45) is 0 Å². The number of benzene rings is 1. The second kappa shape index (κ2) is 5.72. The van der Waals surface area contributed by atoms with Gasteiger partial charge in [-0.1, -0.05) is 37.7 Å². The zero-order valence-corrected chi connectivity index (χ0v) is 13.2. The lowest BCUT2D eigenvalue weighted by molar-refractivity contribution is -0.391. The van der Waals surface area contributed by atoms with Gasteiger partial charge in [0, 0.05) is 10.5 Å². The maximum absolute atomic E-state index is 10.9. The minimum atomic E-state index is -0.505. The molecule has 22 heavy (non-hydrogen) atoms. The first kappa shape index (κ1) is 14.5. The highest BCUT2D eigenvalue weighted by atomic mass is 79.9. The topological polar surface area (TPSA) is 85.4 Å². The average Bonchev–Trinajstić information content (AvgIpc) is 2.90. The Morgan fingerprint density at radius 2 is 2.18 bits per heavy atom. The SMILES string of the molecule is CC(Nc1ccc2ncc([N+](=O)[O-])n2n1)c1cccc(Br)c1. The molecule has 1 unspecified atom stereocenters. The molecule has 0 bridgehead atoms. The first-order chi connectivity index (χ1) is 10.5. The van der Waals surface area contributed by atoms with Crippen molar-refractivity contribution >= 4 is 33.2 Å². The summed E-state index contributed by atoms with van der Waals surface area (Å²) >= 11 is 3.44. The van der Waals surface area contributed by atoms with Gasteiger partial charge in [-0.25, -0.2) is 4.98 Å². The molecule has 2 aromatic heterocycles. The van der Waals surface area contributed by atoms with Gasteiger partial charge in [-0.3, -0.25) is 0 Å². The molecule has 8 heteroatoms. The Morgan fingerprint density at radius 3 is 2.91 bits per heavy atom. The molecular weight excluding hydrogens is 350 g/mol. The van der Waals surface area contributed by atoms with Crippen LogP contribution < -0.4 is 5.32 Å². The zero-order chi connectivity index (χ0) is 15.7. The number of nitrogens with zero attached hydrogens (tertiary/aromatic N) is 4. The molecule has 0 saturated carbocycles. The van der Waals surface area contributed by atoms with Gasteiger partial charge in [-0.05, 0) is 35.6 Å². The maximum atomic E-state index is 10.9. The van der Waals surface area contributed by atoms with Crippen LogP contribution in [0.25, 0.3) is 5.65 Å². The molecular formula is C14H12BrN5O2. The summed E-state index contributed by atoms with van der Waals surface area (Å²) in [5.41, 5.74) is 1.52. The van der Waals surface area contributed by atoms with E-state index in [1.54, 1.807) is 12.1 Å². The van der Waals surface area contributed by atoms with Crippen LogP contribution in [0.1, 0.15) is 18.5 Å².